The number of hydrogen-bond acceptors (Lipinski definition) is 3. The standard InChI is InChI=1S/C12H26N2O2/c1-4-5-7-13-12(16)9-14-11(6-8-15)10(2)3/h10-11,14-15H,4-9H2,1-3H3,(H,13,16). The normalized spacial score (nSPS) is 12.8. The lowest BCUT2D eigenvalue weighted by Crippen LogP contribution is -2.42. The number of carbonyl (C=O) groups excluding carboxylic acids is 1. The molecule has 1 atom stereocenters. The van der Waals surface area contributed by atoms with Gasteiger partial charge in [-0.3, -0.25) is 4.79 Å². The van der Waals surface area contributed by atoms with E-state index in [9.17, 15) is 4.79 Å². The summed E-state index contributed by atoms with van der Waals surface area (Å²) in [6.45, 7) is 7.52. The van der Waals surface area contributed by atoms with E-state index in [2.05, 4.69) is 31.4 Å². The summed E-state index contributed by atoms with van der Waals surface area (Å²) in [4.78, 5) is 11.4. The molecule has 0 saturated carbocycles. The van der Waals surface area contributed by atoms with Gasteiger partial charge in [0.05, 0.1) is 6.54 Å². The van der Waals surface area contributed by atoms with E-state index in [1.807, 2.05) is 0 Å². The van der Waals surface area contributed by atoms with Gasteiger partial charge in [0.25, 0.3) is 0 Å². The average Bonchev–Trinajstić information content (AvgIpc) is 2.24. The zero-order valence-corrected chi connectivity index (χ0v) is 10.8. The van der Waals surface area contributed by atoms with E-state index in [1.54, 1.807) is 0 Å². The van der Waals surface area contributed by atoms with Gasteiger partial charge in [0.1, 0.15) is 0 Å². The first-order valence-electron chi connectivity index (χ1n) is 6.22. The number of aliphatic hydroxyl groups is 1. The molecule has 0 aliphatic rings. The maximum atomic E-state index is 11.4. The van der Waals surface area contributed by atoms with Crippen LogP contribution in [0.3, 0.4) is 0 Å². The third kappa shape index (κ3) is 7.65. The number of rotatable bonds is 9. The summed E-state index contributed by atoms with van der Waals surface area (Å²) in [7, 11) is 0. The molecular formula is C12H26N2O2. The predicted molar refractivity (Wildman–Crippen MR) is 66.2 cm³/mol. The first kappa shape index (κ1) is 15.4. The van der Waals surface area contributed by atoms with Crippen molar-refractivity contribution in [2.75, 3.05) is 19.7 Å². The Balaban J connectivity index is 3.69. The highest BCUT2D eigenvalue weighted by Crippen LogP contribution is 2.04. The van der Waals surface area contributed by atoms with E-state index in [0.29, 0.717) is 18.9 Å². The Morgan fingerprint density at radius 2 is 2.06 bits per heavy atom. The molecule has 0 fully saturated rings. The highest BCUT2D eigenvalue weighted by molar-refractivity contribution is 5.77. The number of amides is 1. The van der Waals surface area contributed by atoms with Crippen LogP contribution in [0.2, 0.25) is 0 Å². The van der Waals surface area contributed by atoms with Crippen LogP contribution in [0.15, 0.2) is 0 Å². The molecule has 0 aromatic carbocycles. The molecule has 0 heterocycles. The zero-order valence-electron chi connectivity index (χ0n) is 10.8. The van der Waals surface area contributed by atoms with Crippen LogP contribution in [-0.4, -0.2) is 36.8 Å². The van der Waals surface area contributed by atoms with Gasteiger partial charge in [-0.2, -0.15) is 0 Å². The molecule has 4 heteroatoms. The van der Waals surface area contributed by atoms with Crippen molar-refractivity contribution >= 4 is 5.91 Å². The second-order valence-corrected chi connectivity index (χ2v) is 4.45. The molecule has 16 heavy (non-hydrogen) atoms. The van der Waals surface area contributed by atoms with Crippen LogP contribution in [0, 0.1) is 5.92 Å². The van der Waals surface area contributed by atoms with Gasteiger partial charge in [-0.25, -0.2) is 0 Å². The van der Waals surface area contributed by atoms with E-state index in [0.717, 1.165) is 19.4 Å². The molecule has 0 rings (SSSR count). The molecule has 0 radical (unpaired) electrons. The number of nitrogens with one attached hydrogen (secondary N) is 2. The fourth-order valence-electron chi connectivity index (χ4n) is 1.50. The maximum absolute atomic E-state index is 11.4. The van der Waals surface area contributed by atoms with Crippen LogP contribution >= 0.6 is 0 Å². The second kappa shape index (κ2) is 9.60. The smallest absolute Gasteiger partial charge is 0.233 e. The molecule has 96 valence electrons. The topological polar surface area (TPSA) is 61.4 Å². The third-order valence-corrected chi connectivity index (χ3v) is 2.62. The molecule has 0 spiro atoms. The number of aliphatic hydroxyl groups excluding tert-OH is 1. The quantitative estimate of drug-likeness (QED) is 0.516. The fourth-order valence-corrected chi connectivity index (χ4v) is 1.50. The minimum Gasteiger partial charge on any atom is -0.396 e. The summed E-state index contributed by atoms with van der Waals surface area (Å²) in [5.74, 6) is 0.465. The van der Waals surface area contributed by atoms with Crippen molar-refractivity contribution in [2.24, 2.45) is 5.92 Å². The van der Waals surface area contributed by atoms with Crippen LogP contribution in [0.5, 0.6) is 0 Å². The maximum Gasteiger partial charge on any atom is 0.233 e. The van der Waals surface area contributed by atoms with Gasteiger partial charge in [0, 0.05) is 19.2 Å². The van der Waals surface area contributed by atoms with Crippen molar-refractivity contribution in [1.82, 2.24) is 10.6 Å². The summed E-state index contributed by atoms with van der Waals surface area (Å²) in [6, 6.07) is 0.210. The second-order valence-electron chi connectivity index (χ2n) is 4.45. The zero-order chi connectivity index (χ0) is 12.4. The van der Waals surface area contributed by atoms with Gasteiger partial charge in [-0.1, -0.05) is 27.2 Å². The Morgan fingerprint density at radius 3 is 2.56 bits per heavy atom. The van der Waals surface area contributed by atoms with Crippen LogP contribution in [0.1, 0.15) is 40.0 Å². The van der Waals surface area contributed by atoms with E-state index in [-0.39, 0.29) is 18.6 Å². The Bertz CT molecular complexity index is 184. The first-order valence-corrected chi connectivity index (χ1v) is 6.22. The molecule has 4 nitrogen and oxygen atoms in total. The summed E-state index contributed by atoms with van der Waals surface area (Å²) in [6.07, 6.45) is 2.81. The molecule has 1 amide bonds. The lowest BCUT2D eigenvalue weighted by atomic mass is 10.0. The van der Waals surface area contributed by atoms with Gasteiger partial charge in [-0.15, -0.1) is 0 Å². The largest absolute Gasteiger partial charge is 0.396 e. The average molecular weight is 230 g/mol. The van der Waals surface area contributed by atoms with Gasteiger partial charge >= 0.3 is 0 Å². The third-order valence-electron chi connectivity index (χ3n) is 2.62. The molecular weight excluding hydrogens is 204 g/mol. The van der Waals surface area contributed by atoms with Crippen molar-refractivity contribution in [2.45, 2.75) is 46.1 Å². The predicted octanol–water partition coefficient (Wildman–Crippen LogP) is 0.899. The van der Waals surface area contributed by atoms with Crippen molar-refractivity contribution in [3.05, 3.63) is 0 Å². The lowest BCUT2D eigenvalue weighted by molar-refractivity contribution is -0.120. The molecule has 0 aliphatic heterocycles. The molecule has 0 bridgehead atoms. The Kier molecular flexibility index (Phi) is 9.24. The van der Waals surface area contributed by atoms with Gasteiger partial charge in [-0.05, 0) is 18.8 Å². The Labute approximate surface area is 98.8 Å². The minimum absolute atomic E-state index is 0.0389. The summed E-state index contributed by atoms with van der Waals surface area (Å²) in [5, 5.41) is 14.9. The molecule has 3 N–H and O–H groups in total. The molecule has 0 aromatic rings. The minimum atomic E-state index is 0.0389. The van der Waals surface area contributed by atoms with E-state index in [1.165, 1.54) is 0 Å². The fraction of sp³-hybridized carbons (Fsp3) is 0.917. The van der Waals surface area contributed by atoms with Crippen LogP contribution in [-0.2, 0) is 4.79 Å². The van der Waals surface area contributed by atoms with Gasteiger partial charge in [0.15, 0.2) is 0 Å². The van der Waals surface area contributed by atoms with Gasteiger partial charge in [0.2, 0.25) is 5.91 Å². The van der Waals surface area contributed by atoms with Crippen molar-refractivity contribution in [1.29, 1.82) is 0 Å². The van der Waals surface area contributed by atoms with Crippen LogP contribution < -0.4 is 10.6 Å². The molecule has 1 unspecified atom stereocenters. The highest BCUT2D eigenvalue weighted by Gasteiger charge is 2.13. The van der Waals surface area contributed by atoms with E-state index in [4.69, 9.17) is 5.11 Å². The lowest BCUT2D eigenvalue weighted by Gasteiger charge is -2.21. The molecule has 0 saturated heterocycles. The summed E-state index contributed by atoms with van der Waals surface area (Å²) in [5.41, 5.74) is 0. The number of unbranched alkanes of at least 4 members (excludes halogenated alkanes) is 1. The summed E-state index contributed by atoms with van der Waals surface area (Å²) < 4.78 is 0. The summed E-state index contributed by atoms with van der Waals surface area (Å²) >= 11 is 0. The van der Waals surface area contributed by atoms with E-state index < -0.39 is 0 Å². The Morgan fingerprint density at radius 1 is 1.38 bits per heavy atom. The van der Waals surface area contributed by atoms with Crippen molar-refractivity contribution in [3.63, 3.8) is 0 Å². The molecule has 0 aliphatic carbocycles. The molecule has 0 aromatic heterocycles. The monoisotopic (exact) mass is 230 g/mol. The Hall–Kier alpha value is -0.610. The number of carbonyl (C=O) groups is 1. The van der Waals surface area contributed by atoms with Gasteiger partial charge < -0.3 is 15.7 Å². The highest BCUT2D eigenvalue weighted by atomic mass is 16.3. The van der Waals surface area contributed by atoms with Crippen LogP contribution in [0.4, 0.5) is 0 Å². The van der Waals surface area contributed by atoms with E-state index >= 15 is 0 Å². The SMILES string of the molecule is CCCCNC(=O)CNC(CCO)C(C)C. The number of hydrogen-bond donors (Lipinski definition) is 3. The first-order chi connectivity index (χ1) is 7.61. The van der Waals surface area contributed by atoms with Crippen molar-refractivity contribution in [3.8, 4) is 0 Å². The van der Waals surface area contributed by atoms with Crippen LogP contribution in [0.25, 0.3) is 0 Å². The van der Waals surface area contributed by atoms with Crippen molar-refractivity contribution < 1.29 is 9.90 Å².